The SMILES string of the molecule is O=C(O)CC1(Cn2cc(Cl)c3ccccc32)CC1. The van der Waals surface area contributed by atoms with Gasteiger partial charge in [-0.15, -0.1) is 0 Å². The van der Waals surface area contributed by atoms with E-state index in [0.717, 1.165) is 35.3 Å². The molecule has 1 heterocycles. The van der Waals surface area contributed by atoms with Gasteiger partial charge in [0.05, 0.1) is 11.4 Å². The predicted octanol–water partition coefficient (Wildman–Crippen LogP) is 3.55. The summed E-state index contributed by atoms with van der Waals surface area (Å²) in [6.45, 7) is 0.743. The van der Waals surface area contributed by atoms with Crippen molar-refractivity contribution in [3.8, 4) is 0 Å². The minimum absolute atomic E-state index is 0.0586. The fraction of sp³-hybridized carbons (Fsp3) is 0.357. The second kappa shape index (κ2) is 4.02. The summed E-state index contributed by atoms with van der Waals surface area (Å²) < 4.78 is 2.09. The molecule has 0 unspecified atom stereocenters. The molecular formula is C14H14ClNO2. The Bertz CT molecular complexity index is 613. The van der Waals surface area contributed by atoms with Gasteiger partial charge in [-0.1, -0.05) is 29.8 Å². The van der Waals surface area contributed by atoms with Crippen LogP contribution in [0.1, 0.15) is 19.3 Å². The number of aliphatic carboxylic acids is 1. The number of hydrogen-bond donors (Lipinski definition) is 1. The summed E-state index contributed by atoms with van der Waals surface area (Å²) in [6, 6.07) is 7.96. The van der Waals surface area contributed by atoms with Crippen LogP contribution in [-0.4, -0.2) is 15.6 Å². The van der Waals surface area contributed by atoms with Gasteiger partial charge in [0.1, 0.15) is 0 Å². The van der Waals surface area contributed by atoms with Crippen molar-refractivity contribution in [3.63, 3.8) is 0 Å². The van der Waals surface area contributed by atoms with Gasteiger partial charge in [-0.05, 0) is 24.3 Å². The average Bonchev–Trinajstić information content (AvgIpc) is 2.99. The summed E-state index contributed by atoms with van der Waals surface area (Å²) in [5.74, 6) is -0.713. The van der Waals surface area contributed by atoms with Crippen LogP contribution in [0.3, 0.4) is 0 Å². The highest BCUT2D eigenvalue weighted by Gasteiger charge is 2.44. The fourth-order valence-electron chi connectivity index (χ4n) is 2.58. The van der Waals surface area contributed by atoms with E-state index in [1.165, 1.54) is 0 Å². The Balaban J connectivity index is 1.94. The van der Waals surface area contributed by atoms with E-state index in [1.807, 2.05) is 30.5 Å². The Morgan fingerprint density at radius 1 is 1.39 bits per heavy atom. The zero-order valence-corrected chi connectivity index (χ0v) is 10.7. The van der Waals surface area contributed by atoms with Crippen molar-refractivity contribution in [3.05, 3.63) is 35.5 Å². The molecule has 0 radical (unpaired) electrons. The lowest BCUT2D eigenvalue weighted by atomic mass is 10.0. The van der Waals surface area contributed by atoms with Crippen LogP contribution in [0.5, 0.6) is 0 Å². The third-order valence-corrected chi connectivity index (χ3v) is 4.03. The Labute approximate surface area is 110 Å². The molecular weight excluding hydrogens is 250 g/mol. The highest BCUT2D eigenvalue weighted by atomic mass is 35.5. The van der Waals surface area contributed by atoms with Gasteiger partial charge >= 0.3 is 5.97 Å². The molecule has 18 heavy (non-hydrogen) atoms. The first kappa shape index (κ1) is 11.6. The fourth-order valence-corrected chi connectivity index (χ4v) is 2.86. The van der Waals surface area contributed by atoms with Crippen molar-refractivity contribution in [2.24, 2.45) is 5.41 Å². The number of fused-ring (bicyclic) bond motifs is 1. The topological polar surface area (TPSA) is 42.2 Å². The van der Waals surface area contributed by atoms with Gasteiger partial charge < -0.3 is 9.67 Å². The van der Waals surface area contributed by atoms with Gasteiger partial charge in [-0.3, -0.25) is 4.79 Å². The van der Waals surface area contributed by atoms with Crippen LogP contribution in [0.2, 0.25) is 5.02 Å². The normalized spacial score (nSPS) is 16.9. The number of benzene rings is 1. The molecule has 1 N–H and O–H groups in total. The lowest BCUT2D eigenvalue weighted by Gasteiger charge is -2.14. The number of aromatic nitrogens is 1. The largest absolute Gasteiger partial charge is 0.481 e. The number of nitrogens with zero attached hydrogens (tertiary/aromatic N) is 1. The smallest absolute Gasteiger partial charge is 0.303 e. The molecule has 1 fully saturated rings. The molecule has 2 aromatic rings. The maximum Gasteiger partial charge on any atom is 0.303 e. The molecule has 0 amide bonds. The number of para-hydroxylation sites is 1. The van der Waals surface area contributed by atoms with Crippen molar-refractivity contribution < 1.29 is 9.90 Å². The first-order valence-electron chi connectivity index (χ1n) is 6.05. The van der Waals surface area contributed by atoms with Gasteiger partial charge in [-0.2, -0.15) is 0 Å². The monoisotopic (exact) mass is 263 g/mol. The molecule has 1 aliphatic rings. The van der Waals surface area contributed by atoms with Crippen LogP contribution in [0.4, 0.5) is 0 Å². The van der Waals surface area contributed by atoms with Crippen LogP contribution < -0.4 is 0 Å². The van der Waals surface area contributed by atoms with Crippen LogP contribution in [0.25, 0.3) is 10.9 Å². The number of carboxylic acid groups (broad SMARTS) is 1. The number of carbonyl (C=O) groups is 1. The highest BCUT2D eigenvalue weighted by molar-refractivity contribution is 6.35. The van der Waals surface area contributed by atoms with Crippen molar-refractivity contribution in [2.75, 3.05) is 0 Å². The Kier molecular flexibility index (Phi) is 2.59. The molecule has 0 saturated heterocycles. The molecule has 3 nitrogen and oxygen atoms in total. The van der Waals surface area contributed by atoms with E-state index in [1.54, 1.807) is 0 Å². The number of hydrogen-bond acceptors (Lipinski definition) is 1. The summed E-state index contributed by atoms with van der Waals surface area (Å²) in [5.41, 5.74) is 1.02. The number of halogens is 1. The van der Waals surface area contributed by atoms with E-state index >= 15 is 0 Å². The average molecular weight is 264 g/mol. The van der Waals surface area contributed by atoms with Crippen molar-refractivity contribution in [1.29, 1.82) is 0 Å². The standard InChI is InChI=1S/C14H14ClNO2/c15-11-8-16(12-4-2-1-3-10(11)12)9-14(5-6-14)7-13(17)18/h1-4,8H,5-7,9H2,(H,17,18). The quantitative estimate of drug-likeness (QED) is 0.917. The van der Waals surface area contributed by atoms with Crippen molar-refractivity contribution in [2.45, 2.75) is 25.8 Å². The van der Waals surface area contributed by atoms with Crippen LogP contribution >= 0.6 is 11.6 Å². The van der Waals surface area contributed by atoms with E-state index in [0.29, 0.717) is 0 Å². The summed E-state index contributed by atoms with van der Waals surface area (Å²) in [7, 11) is 0. The summed E-state index contributed by atoms with van der Waals surface area (Å²) in [4.78, 5) is 10.9. The molecule has 1 aromatic heterocycles. The maximum absolute atomic E-state index is 10.9. The number of rotatable bonds is 4. The van der Waals surface area contributed by atoms with E-state index in [-0.39, 0.29) is 11.8 Å². The first-order valence-corrected chi connectivity index (χ1v) is 6.43. The molecule has 4 heteroatoms. The zero-order valence-electron chi connectivity index (χ0n) is 9.90. The maximum atomic E-state index is 10.9. The van der Waals surface area contributed by atoms with Crippen LogP contribution in [0, 0.1) is 5.41 Å². The summed E-state index contributed by atoms with van der Waals surface area (Å²) >= 11 is 6.20. The van der Waals surface area contributed by atoms with Gasteiger partial charge in [0.25, 0.3) is 0 Å². The van der Waals surface area contributed by atoms with E-state index in [4.69, 9.17) is 16.7 Å². The van der Waals surface area contributed by atoms with Crippen LogP contribution in [-0.2, 0) is 11.3 Å². The molecule has 94 valence electrons. The zero-order chi connectivity index (χ0) is 12.8. The second-order valence-electron chi connectivity index (χ2n) is 5.19. The molecule has 1 aliphatic carbocycles. The third kappa shape index (κ3) is 1.99. The molecule has 0 aliphatic heterocycles. The molecule has 3 rings (SSSR count). The molecule has 0 bridgehead atoms. The van der Waals surface area contributed by atoms with Crippen molar-refractivity contribution >= 4 is 28.5 Å². The summed E-state index contributed by atoms with van der Waals surface area (Å²) in [5, 5.41) is 10.7. The van der Waals surface area contributed by atoms with Gasteiger partial charge in [0, 0.05) is 23.6 Å². The Morgan fingerprint density at radius 3 is 2.78 bits per heavy atom. The molecule has 0 atom stereocenters. The second-order valence-corrected chi connectivity index (χ2v) is 5.60. The third-order valence-electron chi connectivity index (χ3n) is 3.73. The Hall–Kier alpha value is -1.48. The molecule has 1 saturated carbocycles. The van der Waals surface area contributed by atoms with Crippen LogP contribution in [0.15, 0.2) is 30.5 Å². The van der Waals surface area contributed by atoms with E-state index < -0.39 is 5.97 Å². The van der Waals surface area contributed by atoms with Gasteiger partial charge in [-0.25, -0.2) is 0 Å². The summed E-state index contributed by atoms with van der Waals surface area (Å²) in [6.07, 6.45) is 4.14. The lowest BCUT2D eigenvalue weighted by molar-refractivity contribution is -0.138. The molecule has 0 spiro atoms. The van der Waals surface area contributed by atoms with E-state index in [9.17, 15) is 4.79 Å². The van der Waals surface area contributed by atoms with Gasteiger partial charge in [0.15, 0.2) is 0 Å². The number of carboxylic acids is 1. The molecule has 1 aromatic carbocycles. The minimum Gasteiger partial charge on any atom is -0.481 e. The lowest BCUT2D eigenvalue weighted by Crippen LogP contribution is -2.15. The van der Waals surface area contributed by atoms with Crippen molar-refractivity contribution in [1.82, 2.24) is 4.57 Å². The van der Waals surface area contributed by atoms with Gasteiger partial charge in [0.2, 0.25) is 0 Å². The van der Waals surface area contributed by atoms with E-state index in [2.05, 4.69) is 4.57 Å². The predicted molar refractivity (Wildman–Crippen MR) is 70.9 cm³/mol. The highest BCUT2D eigenvalue weighted by Crippen LogP contribution is 2.50. The first-order chi connectivity index (χ1) is 8.60. The minimum atomic E-state index is -0.713. The Morgan fingerprint density at radius 2 is 2.11 bits per heavy atom.